The van der Waals surface area contributed by atoms with E-state index in [9.17, 15) is 14.0 Å². The topological polar surface area (TPSA) is 72.0 Å². The van der Waals surface area contributed by atoms with Crippen LogP contribution < -0.4 is 5.32 Å². The Morgan fingerprint density at radius 2 is 1.83 bits per heavy atom. The summed E-state index contributed by atoms with van der Waals surface area (Å²) >= 11 is 1.00. The second-order valence-electron chi connectivity index (χ2n) is 9.45. The van der Waals surface area contributed by atoms with Gasteiger partial charge in [0.1, 0.15) is 11.6 Å². The predicted octanol–water partition coefficient (Wildman–Crippen LogP) is 5.75. The lowest BCUT2D eigenvalue weighted by atomic mass is 9.84. The largest absolute Gasteiger partial charge is 0.310 e. The maximum Gasteiger partial charge on any atom is 0.201 e. The summed E-state index contributed by atoms with van der Waals surface area (Å²) in [7, 11) is 0. The van der Waals surface area contributed by atoms with E-state index in [2.05, 4.69) is 15.3 Å². The van der Waals surface area contributed by atoms with Crippen molar-refractivity contribution in [1.82, 2.24) is 15.3 Å². The first-order valence-corrected chi connectivity index (χ1v) is 13.2. The highest BCUT2D eigenvalue weighted by Gasteiger charge is 2.26. The number of carbonyl (C=O) groups is 2. The number of nitrogens with one attached hydrogen (secondary N) is 1. The number of aromatic nitrogens is 2. The van der Waals surface area contributed by atoms with Crippen molar-refractivity contribution in [2.24, 2.45) is 5.92 Å². The number of allylic oxidation sites excluding steroid dienone is 1. The van der Waals surface area contributed by atoms with Gasteiger partial charge in [0.05, 0.1) is 17.0 Å². The van der Waals surface area contributed by atoms with Crippen LogP contribution in [0.15, 0.2) is 65.7 Å². The summed E-state index contributed by atoms with van der Waals surface area (Å²) < 4.78 is 13.9. The van der Waals surface area contributed by atoms with Crippen molar-refractivity contribution in [3.63, 3.8) is 0 Å². The zero-order chi connectivity index (χ0) is 24.9. The fourth-order valence-electron chi connectivity index (χ4n) is 4.94. The summed E-state index contributed by atoms with van der Waals surface area (Å²) in [4.78, 5) is 32.9. The first kappa shape index (κ1) is 24.5. The third kappa shape index (κ3) is 6.15. The number of thioether (sulfide) groups is 1. The van der Waals surface area contributed by atoms with Gasteiger partial charge < -0.3 is 5.32 Å². The molecule has 0 spiro atoms. The van der Waals surface area contributed by atoms with Gasteiger partial charge in [-0.1, -0.05) is 36.4 Å². The number of Topliss-reactive ketones (excluding diaryl/α,β-unsaturated/α-hetero) is 1. The Labute approximate surface area is 214 Å². The maximum atomic E-state index is 13.9. The molecule has 184 valence electrons. The van der Waals surface area contributed by atoms with E-state index in [0.29, 0.717) is 29.1 Å². The van der Waals surface area contributed by atoms with Crippen LogP contribution in [0.5, 0.6) is 0 Å². The first-order valence-electron chi connectivity index (χ1n) is 12.4. The molecule has 1 aromatic heterocycles. The third-order valence-electron chi connectivity index (χ3n) is 6.87. The SMILES string of the molecule is O=C1CC(=O)/C(=C/c2ccnc(CC3CCC(NCc4ccc(F)cc4-c4ccccc4)CC3)n2)S1. The summed E-state index contributed by atoms with van der Waals surface area (Å²) in [5, 5.41) is 3.58. The highest BCUT2D eigenvalue weighted by Crippen LogP contribution is 2.31. The molecule has 0 unspecified atom stereocenters. The van der Waals surface area contributed by atoms with Gasteiger partial charge in [0, 0.05) is 25.2 Å². The molecule has 1 saturated heterocycles. The average Bonchev–Trinajstić information content (AvgIpc) is 3.21. The number of hydrogen-bond acceptors (Lipinski definition) is 6. The molecule has 7 heteroatoms. The van der Waals surface area contributed by atoms with Crippen LogP contribution in [0.25, 0.3) is 17.2 Å². The van der Waals surface area contributed by atoms with Gasteiger partial charge in [0.15, 0.2) is 5.78 Å². The molecule has 1 saturated carbocycles. The van der Waals surface area contributed by atoms with E-state index in [-0.39, 0.29) is 23.1 Å². The molecular formula is C29H28FN3O2S. The third-order valence-corrected chi connectivity index (χ3v) is 7.80. The number of carbonyl (C=O) groups excluding carboxylic acids is 2. The Bertz CT molecular complexity index is 1290. The van der Waals surface area contributed by atoms with Gasteiger partial charge in [-0.2, -0.15) is 0 Å². The van der Waals surface area contributed by atoms with E-state index in [4.69, 9.17) is 0 Å². The summed E-state index contributed by atoms with van der Waals surface area (Å²) in [5.74, 6) is 0.942. The number of rotatable bonds is 7. The number of benzene rings is 2. The van der Waals surface area contributed by atoms with Gasteiger partial charge in [-0.25, -0.2) is 14.4 Å². The molecule has 5 rings (SSSR count). The minimum Gasteiger partial charge on any atom is -0.310 e. The Hall–Kier alpha value is -3.16. The molecule has 0 radical (unpaired) electrons. The van der Waals surface area contributed by atoms with Crippen LogP contribution in [0.4, 0.5) is 4.39 Å². The van der Waals surface area contributed by atoms with Crippen LogP contribution in [0.2, 0.25) is 0 Å². The molecule has 2 aromatic carbocycles. The quantitative estimate of drug-likeness (QED) is 0.328. The van der Waals surface area contributed by atoms with Crippen LogP contribution in [0.1, 0.15) is 49.2 Å². The summed E-state index contributed by atoms with van der Waals surface area (Å²) in [6.07, 6.45) is 8.52. The standard InChI is InChI=1S/C29H28FN3O2S/c30-22-9-8-21(25(15-22)20-4-2-1-3-5-20)18-32-23-10-6-19(7-11-23)14-28-31-13-12-24(33-28)16-27-26(34)17-29(35)36-27/h1-5,8-9,12-13,15-16,19,23,32H,6-7,10-11,14,17-18H2/b27-16-. The predicted molar refractivity (Wildman–Crippen MR) is 140 cm³/mol. The van der Waals surface area contributed by atoms with Crippen LogP contribution in [0.3, 0.4) is 0 Å². The first-order chi connectivity index (χ1) is 17.5. The van der Waals surface area contributed by atoms with Crippen molar-refractivity contribution >= 4 is 28.7 Å². The summed E-state index contributed by atoms with van der Waals surface area (Å²) in [6, 6.07) is 17.2. The van der Waals surface area contributed by atoms with E-state index < -0.39 is 0 Å². The normalized spacial score (nSPS) is 21.3. The maximum absolute atomic E-state index is 13.9. The Kier molecular flexibility index (Phi) is 7.68. The molecule has 2 aliphatic rings. The Morgan fingerprint density at radius 1 is 1.03 bits per heavy atom. The number of ketones is 1. The number of halogens is 1. The van der Waals surface area contributed by atoms with Crippen LogP contribution >= 0.6 is 11.8 Å². The smallest absolute Gasteiger partial charge is 0.201 e. The zero-order valence-corrected chi connectivity index (χ0v) is 20.8. The fourth-order valence-corrected chi connectivity index (χ4v) is 5.76. The Morgan fingerprint density at radius 3 is 2.58 bits per heavy atom. The molecule has 1 aliphatic heterocycles. The lowest BCUT2D eigenvalue weighted by molar-refractivity contribution is -0.119. The van der Waals surface area contributed by atoms with Crippen LogP contribution in [0, 0.1) is 11.7 Å². The molecule has 36 heavy (non-hydrogen) atoms. The lowest BCUT2D eigenvalue weighted by Crippen LogP contribution is -2.33. The lowest BCUT2D eigenvalue weighted by Gasteiger charge is -2.29. The van der Waals surface area contributed by atoms with Crippen molar-refractivity contribution in [1.29, 1.82) is 0 Å². The molecule has 1 aliphatic carbocycles. The van der Waals surface area contributed by atoms with Gasteiger partial charge in [-0.05, 0) is 84.3 Å². The van der Waals surface area contributed by atoms with Gasteiger partial charge in [-0.3, -0.25) is 9.59 Å². The molecule has 0 amide bonds. The van der Waals surface area contributed by atoms with Gasteiger partial charge in [0.25, 0.3) is 0 Å². The van der Waals surface area contributed by atoms with Crippen LogP contribution in [-0.2, 0) is 22.6 Å². The highest BCUT2D eigenvalue weighted by atomic mass is 32.2. The van der Waals surface area contributed by atoms with Gasteiger partial charge >= 0.3 is 0 Å². The van der Waals surface area contributed by atoms with Crippen molar-refractivity contribution < 1.29 is 14.0 Å². The molecule has 1 N–H and O–H groups in total. The van der Waals surface area contributed by atoms with Crippen molar-refractivity contribution in [3.05, 3.63) is 88.6 Å². The molecule has 0 bridgehead atoms. The fraction of sp³-hybridized carbons (Fsp3) is 0.310. The number of hydrogen-bond donors (Lipinski definition) is 1. The monoisotopic (exact) mass is 501 g/mol. The van der Waals surface area contributed by atoms with Crippen molar-refractivity contribution in [3.8, 4) is 11.1 Å². The van der Waals surface area contributed by atoms with E-state index in [1.807, 2.05) is 36.4 Å². The van der Waals surface area contributed by atoms with Crippen molar-refractivity contribution in [2.45, 2.75) is 51.1 Å². The second kappa shape index (κ2) is 11.3. The molecule has 2 fully saturated rings. The summed E-state index contributed by atoms with van der Waals surface area (Å²) in [5.41, 5.74) is 3.74. The van der Waals surface area contributed by atoms with Gasteiger partial charge in [0.2, 0.25) is 5.12 Å². The second-order valence-corrected chi connectivity index (χ2v) is 10.5. The molecule has 0 atom stereocenters. The van der Waals surface area contributed by atoms with Gasteiger partial charge in [-0.15, -0.1) is 0 Å². The van der Waals surface area contributed by atoms with E-state index >= 15 is 0 Å². The molecule has 3 aromatic rings. The molecular weight excluding hydrogens is 473 g/mol. The minimum absolute atomic E-state index is 0.0273. The summed E-state index contributed by atoms with van der Waals surface area (Å²) in [6.45, 7) is 0.707. The average molecular weight is 502 g/mol. The van der Waals surface area contributed by atoms with E-state index in [1.165, 1.54) is 6.07 Å². The van der Waals surface area contributed by atoms with Crippen LogP contribution in [-0.4, -0.2) is 26.9 Å². The minimum atomic E-state index is -0.220. The Balaban J connectivity index is 1.15. The highest BCUT2D eigenvalue weighted by molar-refractivity contribution is 8.18. The van der Waals surface area contributed by atoms with E-state index in [1.54, 1.807) is 24.4 Å². The number of nitrogens with zero attached hydrogens (tertiary/aromatic N) is 2. The van der Waals surface area contributed by atoms with E-state index in [0.717, 1.165) is 66.4 Å². The molecule has 5 nitrogen and oxygen atoms in total. The molecule has 2 heterocycles. The van der Waals surface area contributed by atoms with Crippen molar-refractivity contribution in [2.75, 3.05) is 0 Å². The zero-order valence-electron chi connectivity index (χ0n) is 20.0.